The van der Waals surface area contributed by atoms with E-state index >= 15 is 0 Å². The van der Waals surface area contributed by atoms with Gasteiger partial charge in [0, 0.05) is 30.2 Å². The lowest BCUT2D eigenvalue weighted by molar-refractivity contribution is -0.111. The van der Waals surface area contributed by atoms with Crippen LogP contribution in [-0.2, 0) is 0 Å². The number of unbranched alkanes of at least 4 members (excludes halogenated alkanes) is 1. The summed E-state index contributed by atoms with van der Waals surface area (Å²) < 4.78 is 0. The molecule has 6 N–H and O–H groups in total. The van der Waals surface area contributed by atoms with E-state index in [2.05, 4.69) is 5.32 Å². The molecule has 2 aliphatic rings. The summed E-state index contributed by atoms with van der Waals surface area (Å²) >= 11 is 0. The minimum atomic E-state index is -1.82. The maximum absolute atomic E-state index is 13.0. The van der Waals surface area contributed by atoms with Crippen molar-refractivity contribution in [2.24, 2.45) is 0 Å². The number of phenols is 2. The highest BCUT2D eigenvalue weighted by atomic mass is 16.4. The molecule has 3 rings (SSSR count). The lowest BCUT2D eigenvalue weighted by atomic mass is 9.69. The van der Waals surface area contributed by atoms with Gasteiger partial charge in [-0.05, 0) is 13.3 Å². The summed E-state index contributed by atoms with van der Waals surface area (Å²) in [5.74, 6) is -2.60. The van der Waals surface area contributed by atoms with E-state index in [1.165, 1.54) is 6.92 Å². The third-order valence-electron chi connectivity index (χ3n) is 5.19. The Balaban J connectivity index is 2.14. The van der Waals surface area contributed by atoms with Crippen LogP contribution in [-0.4, -0.2) is 61.5 Å². The fourth-order valence-corrected chi connectivity index (χ4v) is 3.64. The second-order valence-electron chi connectivity index (χ2n) is 7.30. The number of rotatable bonds is 4. The molecule has 0 aliphatic heterocycles. The Morgan fingerprint density at radius 2 is 1.85 bits per heavy atom. The highest BCUT2D eigenvalue weighted by Crippen LogP contribution is 2.46. The van der Waals surface area contributed by atoms with E-state index in [9.17, 15) is 35.1 Å². The van der Waals surface area contributed by atoms with E-state index in [0.29, 0.717) is 6.54 Å². The molecule has 0 radical (unpaired) electrons. The second kappa shape index (κ2) is 6.63. The topological polar surface area (TPSA) is 147 Å². The van der Waals surface area contributed by atoms with E-state index in [0.717, 1.165) is 18.9 Å². The molecule has 0 saturated carbocycles. The number of phenolic OH excluding ortho intramolecular Hbond substituents is 2. The minimum Gasteiger partial charge on any atom is -0.507 e. The zero-order valence-electron chi connectivity index (χ0n) is 15.1. The molecule has 0 saturated heterocycles. The third kappa shape index (κ3) is 2.90. The van der Waals surface area contributed by atoms with Crippen LogP contribution in [0, 0.1) is 0 Å². The van der Waals surface area contributed by atoms with Gasteiger partial charge in [-0.25, -0.2) is 0 Å². The number of Topliss-reactive ketones (excluding diaryl/α,β-unsaturated/α-hetero) is 2. The number of hydrogen-bond acceptors (Lipinski definition) is 8. The van der Waals surface area contributed by atoms with Crippen molar-refractivity contribution in [2.75, 3.05) is 11.9 Å². The molecule has 146 valence electrons. The minimum absolute atomic E-state index is 0.119. The molecule has 2 aliphatic carbocycles. The molecule has 0 fully saturated rings. The number of hydrogen-bond donors (Lipinski definition) is 6. The van der Waals surface area contributed by atoms with Crippen molar-refractivity contribution < 1.29 is 35.1 Å². The number of ketones is 2. The van der Waals surface area contributed by atoms with E-state index in [1.807, 2.05) is 6.92 Å². The van der Waals surface area contributed by atoms with Gasteiger partial charge in [0.25, 0.3) is 0 Å². The fourth-order valence-electron chi connectivity index (χ4n) is 3.64. The van der Waals surface area contributed by atoms with Crippen LogP contribution >= 0.6 is 0 Å². The molecule has 1 aromatic carbocycles. The van der Waals surface area contributed by atoms with E-state index in [1.54, 1.807) is 0 Å². The van der Waals surface area contributed by atoms with Gasteiger partial charge in [-0.15, -0.1) is 0 Å². The summed E-state index contributed by atoms with van der Waals surface area (Å²) in [5.41, 5.74) is -3.00. The first kappa shape index (κ1) is 19.3. The van der Waals surface area contributed by atoms with Crippen molar-refractivity contribution in [1.82, 2.24) is 0 Å². The monoisotopic (exact) mass is 377 g/mol. The predicted molar refractivity (Wildman–Crippen MR) is 96.1 cm³/mol. The molecule has 0 bridgehead atoms. The molecule has 0 heterocycles. The van der Waals surface area contributed by atoms with Crippen LogP contribution in [0.5, 0.6) is 11.5 Å². The van der Waals surface area contributed by atoms with Crippen molar-refractivity contribution in [2.45, 2.75) is 50.9 Å². The smallest absolute Gasteiger partial charge is 0.196 e. The molecule has 3 atom stereocenters. The first-order valence-electron chi connectivity index (χ1n) is 8.85. The zero-order valence-corrected chi connectivity index (χ0v) is 15.1. The molecule has 1 aromatic rings. The third-order valence-corrected chi connectivity index (χ3v) is 5.19. The molecular formula is C19H23NO7. The Labute approximate surface area is 155 Å². The van der Waals surface area contributed by atoms with Gasteiger partial charge >= 0.3 is 0 Å². The summed E-state index contributed by atoms with van der Waals surface area (Å²) in [4.78, 5) is 25.8. The highest BCUT2D eigenvalue weighted by molar-refractivity contribution is 6.30. The van der Waals surface area contributed by atoms with Crippen molar-refractivity contribution >= 4 is 17.3 Å². The number of aromatic hydroxyl groups is 2. The Hall–Kier alpha value is -2.42. The summed E-state index contributed by atoms with van der Waals surface area (Å²) in [5, 5.41) is 54.4. The molecular weight excluding hydrogens is 354 g/mol. The quantitative estimate of drug-likeness (QED) is 0.257. The van der Waals surface area contributed by atoms with Crippen LogP contribution < -0.4 is 5.32 Å². The lowest BCUT2D eigenvalue weighted by Crippen LogP contribution is -2.54. The van der Waals surface area contributed by atoms with Gasteiger partial charge in [-0.2, -0.15) is 0 Å². The van der Waals surface area contributed by atoms with Crippen molar-refractivity contribution in [3.63, 3.8) is 0 Å². The largest absolute Gasteiger partial charge is 0.507 e. The van der Waals surface area contributed by atoms with Gasteiger partial charge in [-0.3, -0.25) is 9.59 Å². The highest BCUT2D eigenvalue weighted by Gasteiger charge is 2.51. The molecule has 0 amide bonds. The van der Waals surface area contributed by atoms with Gasteiger partial charge in [0.1, 0.15) is 18.0 Å². The molecule has 8 nitrogen and oxygen atoms in total. The van der Waals surface area contributed by atoms with E-state index < -0.39 is 46.4 Å². The first-order chi connectivity index (χ1) is 12.6. The Morgan fingerprint density at radius 3 is 2.48 bits per heavy atom. The average Bonchev–Trinajstić information content (AvgIpc) is 2.60. The number of aliphatic hydroxyl groups is 3. The van der Waals surface area contributed by atoms with Crippen LogP contribution in [0.25, 0.3) is 0 Å². The van der Waals surface area contributed by atoms with Crippen LogP contribution in [0.3, 0.4) is 0 Å². The van der Waals surface area contributed by atoms with E-state index in [4.69, 9.17) is 0 Å². The number of aliphatic hydroxyl groups excluding tert-OH is 2. The van der Waals surface area contributed by atoms with Crippen molar-refractivity contribution in [1.29, 1.82) is 0 Å². The van der Waals surface area contributed by atoms with Crippen molar-refractivity contribution in [3.05, 3.63) is 28.3 Å². The van der Waals surface area contributed by atoms with Crippen LogP contribution in [0.1, 0.15) is 53.8 Å². The van der Waals surface area contributed by atoms with Gasteiger partial charge in [0.05, 0.1) is 22.4 Å². The van der Waals surface area contributed by atoms with Crippen LogP contribution in [0.15, 0.2) is 17.2 Å². The first-order valence-corrected chi connectivity index (χ1v) is 8.85. The molecule has 0 aromatic heterocycles. The molecule has 0 unspecified atom stereocenters. The number of nitrogens with one attached hydrogen (secondary N) is 1. The maximum atomic E-state index is 13.0. The van der Waals surface area contributed by atoms with Gasteiger partial charge in [0.15, 0.2) is 17.3 Å². The maximum Gasteiger partial charge on any atom is 0.196 e. The SMILES string of the molecule is CCCCNc1cc(O)c2c(c1O)C(=O)C1=C(C2=O)[C@H](O)[C@@H](O)[C@@](C)(O)C1. The normalized spacial score (nSPS) is 27.4. The zero-order chi connectivity index (χ0) is 20.1. The summed E-state index contributed by atoms with van der Waals surface area (Å²) in [6.45, 7) is 3.73. The lowest BCUT2D eigenvalue weighted by Gasteiger charge is -2.40. The molecule has 8 heteroatoms. The van der Waals surface area contributed by atoms with Crippen molar-refractivity contribution in [3.8, 4) is 11.5 Å². The summed E-state index contributed by atoms with van der Waals surface area (Å²) in [6, 6.07) is 1.16. The van der Waals surface area contributed by atoms with Gasteiger partial charge in [-0.1, -0.05) is 13.3 Å². The van der Waals surface area contributed by atoms with Gasteiger partial charge in [0.2, 0.25) is 0 Å². The molecule has 0 spiro atoms. The Bertz CT molecular complexity index is 856. The standard InChI is InChI=1S/C19H23NO7/c1-3-4-5-20-9-6-10(21)12-13(15(9)23)14(22)8-7-19(2,27)18(26)17(25)11(8)16(12)24/h6,17-18,20-21,23,25-27H,3-5,7H2,1-2H3/t17-,18+,19-/m0/s1. The van der Waals surface area contributed by atoms with Gasteiger partial charge < -0.3 is 30.8 Å². The number of anilines is 1. The average molecular weight is 377 g/mol. The summed E-state index contributed by atoms with van der Waals surface area (Å²) in [6.07, 6.45) is -2.12. The van der Waals surface area contributed by atoms with Crippen LogP contribution in [0.2, 0.25) is 0 Å². The summed E-state index contributed by atoms with van der Waals surface area (Å²) in [7, 11) is 0. The number of fused-ring (bicyclic) bond motifs is 1. The Kier molecular flexibility index (Phi) is 4.75. The Morgan fingerprint density at radius 1 is 1.19 bits per heavy atom. The van der Waals surface area contributed by atoms with Crippen LogP contribution in [0.4, 0.5) is 5.69 Å². The predicted octanol–water partition coefficient (Wildman–Crippen LogP) is 0.862. The molecule has 27 heavy (non-hydrogen) atoms. The fraction of sp³-hybridized carbons (Fsp3) is 0.474. The number of benzene rings is 1. The number of carbonyl (C=O) groups is 2. The number of carbonyl (C=O) groups excluding carboxylic acids is 2. The second-order valence-corrected chi connectivity index (χ2v) is 7.30. The van der Waals surface area contributed by atoms with E-state index in [-0.39, 0.29) is 28.8 Å².